The van der Waals surface area contributed by atoms with Gasteiger partial charge in [-0.25, -0.2) is 0 Å². The SMILES string of the molecule is CC(=O)C1CC(CC(=O)N2CCC3(CC2)NC(=O)c2ccccc2O3)C1(C)C. The quantitative estimate of drug-likeness (QED) is 0.869. The number of nitrogens with one attached hydrogen (secondary N) is 1. The van der Waals surface area contributed by atoms with Gasteiger partial charge in [-0.1, -0.05) is 26.0 Å². The summed E-state index contributed by atoms with van der Waals surface area (Å²) in [5.74, 6) is 1.17. The minimum atomic E-state index is -0.725. The molecule has 2 heterocycles. The van der Waals surface area contributed by atoms with Gasteiger partial charge in [0.25, 0.3) is 5.91 Å². The van der Waals surface area contributed by atoms with Gasteiger partial charge in [0.1, 0.15) is 11.5 Å². The molecule has 28 heavy (non-hydrogen) atoms. The zero-order valence-corrected chi connectivity index (χ0v) is 16.8. The van der Waals surface area contributed by atoms with Gasteiger partial charge < -0.3 is 15.0 Å². The maximum absolute atomic E-state index is 12.8. The van der Waals surface area contributed by atoms with Crippen molar-refractivity contribution in [1.29, 1.82) is 0 Å². The Hall–Kier alpha value is -2.37. The third-order valence-corrected chi connectivity index (χ3v) is 7.08. The molecule has 4 rings (SSSR count). The molecule has 2 fully saturated rings. The molecular weight excluding hydrogens is 356 g/mol. The number of benzene rings is 1. The average molecular weight is 384 g/mol. The third-order valence-electron chi connectivity index (χ3n) is 7.08. The van der Waals surface area contributed by atoms with Gasteiger partial charge in [-0.15, -0.1) is 0 Å². The molecule has 6 nitrogen and oxygen atoms in total. The number of piperidine rings is 1. The summed E-state index contributed by atoms with van der Waals surface area (Å²) in [6, 6.07) is 7.25. The van der Waals surface area contributed by atoms with Crippen molar-refractivity contribution < 1.29 is 19.1 Å². The van der Waals surface area contributed by atoms with E-state index in [0.717, 1.165) is 6.42 Å². The first kappa shape index (κ1) is 19.0. The number of likely N-dealkylation sites (tertiary alicyclic amines) is 1. The van der Waals surface area contributed by atoms with Crippen LogP contribution in [0.25, 0.3) is 0 Å². The van der Waals surface area contributed by atoms with Crippen molar-refractivity contribution in [2.45, 2.75) is 52.2 Å². The molecule has 6 heteroatoms. The number of ether oxygens (including phenoxy) is 1. The minimum absolute atomic E-state index is 0.0702. The molecule has 2 amide bonds. The van der Waals surface area contributed by atoms with Crippen LogP contribution in [0.1, 0.15) is 56.8 Å². The Kier molecular flexibility index (Phi) is 4.47. The fourth-order valence-electron chi connectivity index (χ4n) is 4.99. The average Bonchev–Trinajstić information content (AvgIpc) is 2.65. The zero-order valence-electron chi connectivity index (χ0n) is 16.8. The Balaban J connectivity index is 1.36. The number of amides is 2. The van der Waals surface area contributed by atoms with E-state index in [1.165, 1.54) is 0 Å². The van der Waals surface area contributed by atoms with Crippen molar-refractivity contribution in [3.05, 3.63) is 29.8 Å². The van der Waals surface area contributed by atoms with E-state index in [9.17, 15) is 14.4 Å². The van der Waals surface area contributed by atoms with E-state index in [2.05, 4.69) is 19.2 Å². The van der Waals surface area contributed by atoms with Crippen LogP contribution >= 0.6 is 0 Å². The molecule has 1 saturated carbocycles. The number of carbonyl (C=O) groups excluding carboxylic acids is 3. The topological polar surface area (TPSA) is 75.7 Å². The highest BCUT2D eigenvalue weighted by Gasteiger charge is 2.51. The number of ketones is 1. The smallest absolute Gasteiger partial charge is 0.258 e. The van der Waals surface area contributed by atoms with Crippen LogP contribution in [0.3, 0.4) is 0 Å². The molecule has 0 radical (unpaired) electrons. The molecule has 3 aliphatic rings. The highest BCUT2D eigenvalue weighted by molar-refractivity contribution is 5.98. The summed E-state index contributed by atoms with van der Waals surface area (Å²) in [4.78, 5) is 38.8. The minimum Gasteiger partial charge on any atom is -0.467 e. The summed E-state index contributed by atoms with van der Waals surface area (Å²) < 4.78 is 6.14. The maximum Gasteiger partial charge on any atom is 0.258 e. The van der Waals surface area contributed by atoms with E-state index in [0.29, 0.717) is 43.7 Å². The van der Waals surface area contributed by atoms with Crippen LogP contribution in [0.4, 0.5) is 0 Å². The largest absolute Gasteiger partial charge is 0.467 e. The highest BCUT2D eigenvalue weighted by atomic mass is 16.5. The van der Waals surface area contributed by atoms with Gasteiger partial charge in [0.05, 0.1) is 5.56 Å². The maximum atomic E-state index is 12.8. The van der Waals surface area contributed by atoms with Crippen molar-refractivity contribution in [3.63, 3.8) is 0 Å². The number of hydrogen-bond acceptors (Lipinski definition) is 4. The van der Waals surface area contributed by atoms with Crippen molar-refractivity contribution in [3.8, 4) is 5.75 Å². The molecule has 1 aromatic rings. The second-order valence-corrected chi connectivity index (χ2v) is 9.05. The monoisotopic (exact) mass is 384 g/mol. The second kappa shape index (κ2) is 6.61. The number of fused-ring (bicyclic) bond motifs is 1. The summed E-state index contributed by atoms with van der Waals surface area (Å²) in [6.07, 6.45) is 2.44. The number of para-hydroxylation sites is 1. The summed E-state index contributed by atoms with van der Waals surface area (Å²) in [6.45, 7) is 6.95. The zero-order chi connectivity index (χ0) is 20.1. The predicted octanol–water partition coefficient (Wildman–Crippen LogP) is 2.77. The van der Waals surface area contributed by atoms with Gasteiger partial charge in [-0.05, 0) is 36.8 Å². The Bertz CT molecular complexity index is 824. The van der Waals surface area contributed by atoms with Crippen LogP contribution < -0.4 is 10.1 Å². The highest BCUT2D eigenvalue weighted by Crippen LogP contribution is 2.53. The van der Waals surface area contributed by atoms with Crippen molar-refractivity contribution in [1.82, 2.24) is 10.2 Å². The standard InChI is InChI=1S/C22H28N2O4/c1-14(25)17-12-15(21(17,2)3)13-19(26)24-10-8-22(9-11-24)23-20(27)16-6-4-5-7-18(16)28-22/h4-7,15,17H,8-13H2,1-3H3,(H,23,27). The molecule has 1 saturated heterocycles. The van der Waals surface area contributed by atoms with Crippen molar-refractivity contribution >= 4 is 17.6 Å². The normalized spacial score (nSPS) is 27.2. The predicted molar refractivity (Wildman–Crippen MR) is 104 cm³/mol. The summed E-state index contributed by atoms with van der Waals surface area (Å²) in [7, 11) is 0. The number of carbonyl (C=O) groups is 3. The van der Waals surface area contributed by atoms with Crippen molar-refractivity contribution in [2.24, 2.45) is 17.3 Å². The molecule has 1 aromatic carbocycles. The molecule has 150 valence electrons. The van der Waals surface area contributed by atoms with Gasteiger partial charge >= 0.3 is 0 Å². The molecule has 0 aromatic heterocycles. The molecule has 2 aliphatic heterocycles. The van der Waals surface area contributed by atoms with E-state index in [1.54, 1.807) is 13.0 Å². The summed E-state index contributed by atoms with van der Waals surface area (Å²) >= 11 is 0. The first-order valence-corrected chi connectivity index (χ1v) is 10.1. The molecule has 1 aliphatic carbocycles. The summed E-state index contributed by atoms with van der Waals surface area (Å²) in [5.41, 5.74) is -0.278. The number of rotatable bonds is 3. The molecular formula is C22H28N2O4. The van der Waals surface area contributed by atoms with E-state index in [-0.39, 0.29) is 34.8 Å². The van der Waals surface area contributed by atoms with Crippen LogP contribution in [0.2, 0.25) is 0 Å². The van der Waals surface area contributed by atoms with Crippen LogP contribution in [0, 0.1) is 17.3 Å². The van der Waals surface area contributed by atoms with Crippen LogP contribution in [0.5, 0.6) is 5.75 Å². The summed E-state index contributed by atoms with van der Waals surface area (Å²) in [5, 5.41) is 3.01. The lowest BCUT2D eigenvalue weighted by Crippen LogP contribution is -2.61. The number of nitrogens with zero attached hydrogens (tertiary/aromatic N) is 1. The fraction of sp³-hybridized carbons (Fsp3) is 0.591. The molecule has 2 atom stereocenters. The molecule has 2 unspecified atom stereocenters. The lowest BCUT2D eigenvalue weighted by atomic mass is 9.52. The lowest BCUT2D eigenvalue weighted by molar-refractivity contribution is -0.147. The van der Waals surface area contributed by atoms with Gasteiger partial charge in [0.15, 0.2) is 5.72 Å². The van der Waals surface area contributed by atoms with E-state index >= 15 is 0 Å². The Morgan fingerprint density at radius 2 is 1.89 bits per heavy atom. The molecule has 1 spiro atoms. The fourth-order valence-corrected chi connectivity index (χ4v) is 4.99. The van der Waals surface area contributed by atoms with Crippen molar-refractivity contribution in [2.75, 3.05) is 13.1 Å². The van der Waals surface area contributed by atoms with Crippen LogP contribution in [0.15, 0.2) is 24.3 Å². The lowest BCUT2D eigenvalue weighted by Gasteiger charge is -2.51. The van der Waals surface area contributed by atoms with E-state index in [1.807, 2.05) is 23.1 Å². The van der Waals surface area contributed by atoms with Crippen LogP contribution in [-0.4, -0.2) is 41.3 Å². The van der Waals surface area contributed by atoms with Crippen LogP contribution in [-0.2, 0) is 9.59 Å². The van der Waals surface area contributed by atoms with E-state index in [4.69, 9.17) is 4.74 Å². The van der Waals surface area contributed by atoms with Gasteiger partial charge in [-0.3, -0.25) is 14.4 Å². The molecule has 0 bridgehead atoms. The third kappa shape index (κ3) is 3.09. The number of hydrogen-bond donors (Lipinski definition) is 1. The van der Waals surface area contributed by atoms with Gasteiger partial charge in [0, 0.05) is 38.3 Å². The second-order valence-electron chi connectivity index (χ2n) is 9.05. The Morgan fingerprint density at radius 1 is 1.21 bits per heavy atom. The Labute approximate surface area is 165 Å². The Morgan fingerprint density at radius 3 is 2.54 bits per heavy atom. The number of Topliss-reactive ketones (excluding diaryl/α,β-unsaturated/α-hetero) is 1. The first-order valence-electron chi connectivity index (χ1n) is 10.1. The van der Waals surface area contributed by atoms with E-state index < -0.39 is 5.72 Å². The van der Waals surface area contributed by atoms with Gasteiger partial charge in [-0.2, -0.15) is 0 Å². The van der Waals surface area contributed by atoms with Gasteiger partial charge in [0.2, 0.25) is 5.91 Å². The first-order chi connectivity index (χ1) is 13.2. The molecule has 1 N–H and O–H groups in total.